The third-order valence-corrected chi connectivity index (χ3v) is 7.70. The number of hydrogen-bond donors (Lipinski definition) is 2. The van der Waals surface area contributed by atoms with Crippen LogP contribution in [0.4, 0.5) is 4.79 Å². The van der Waals surface area contributed by atoms with E-state index in [9.17, 15) is 22.8 Å². The van der Waals surface area contributed by atoms with Crippen LogP contribution < -0.4 is 10.6 Å². The van der Waals surface area contributed by atoms with E-state index in [1.807, 2.05) is 0 Å². The number of amides is 3. The fourth-order valence-corrected chi connectivity index (χ4v) is 5.50. The molecule has 1 saturated carbocycles. The maximum atomic E-state index is 12.8. The average Bonchev–Trinajstić information content (AvgIpc) is 3.14. The van der Waals surface area contributed by atoms with E-state index in [-0.39, 0.29) is 10.9 Å². The predicted octanol–water partition coefficient (Wildman–Crippen LogP) is 2.58. The van der Waals surface area contributed by atoms with Gasteiger partial charge < -0.3 is 10.1 Å². The Kier molecular flexibility index (Phi) is 9.02. The number of carbonyl (C=O) groups is 3. The third-order valence-electron chi connectivity index (χ3n) is 5.78. The fourth-order valence-electron chi connectivity index (χ4n) is 3.99. The molecular weight excluding hydrogens is 446 g/mol. The second-order valence-electron chi connectivity index (χ2n) is 8.33. The van der Waals surface area contributed by atoms with E-state index in [1.165, 1.54) is 22.5 Å². The lowest BCUT2D eigenvalue weighted by atomic mass is 10.2. The Labute approximate surface area is 194 Å². The van der Waals surface area contributed by atoms with Gasteiger partial charge in [-0.05, 0) is 49.5 Å². The minimum absolute atomic E-state index is 0.0778. The third kappa shape index (κ3) is 7.68. The van der Waals surface area contributed by atoms with Gasteiger partial charge in [0, 0.05) is 25.2 Å². The molecule has 0 unspecified atom stereocenters. The number of sulfonamides is 1. The van der Waals surface area contributed by atoms with Crippen molar-refractivity contribution in [2.24, 2.45) is 0 Å². The molecule has 2 aliphatic rings. The second kappa shape index (κ2) is 11.9. The van der Waals surface area contributed by atoms with Crippen LogP contribution in [-0.2, 0) is 24.3 Å². The van der Waals surface area contributed by atoms with Crippen molar-refractivity contribution in [3.05, 3.63) is 35.9 Å². The Hall–Kier alpha value is -2.72. The van der Waals surface area contributed by atoms with Gasteiger partial charge in [-0.3, -0.25) is 10.1 Å². The van der Waals surface area contributed by atoms with Gasteiger partial charge in [-0.15, -0.1) is 0 Å². The van der Waals surface area contributed by atoms with Crippen LogP contribution in [0.2, 0.25) is 0 Å². The van der Waals surface area contributed by atoms with Gasteiger partial charge in [0.15, 0.2) is 6.61 Å². The largest absolute Gasteiger partial charge is 0.452 e. The minimum Gasteiger partial charge on any atom is -0.452 e. The Morgan fingerprint density at radius 1 is 0.970 bits per heavy atom. The molecule has 0 atom stereocenters. The molecule has 180 valence electrons. The van der Waals surface area contributed by atoms with E-state index in [1.54, 1.807) is 12.1 Å². The molecule has 0 bridgehead atoms. The van der Waals surface area contributed by atoms with Crippen molar-refractivity contribution < 1.29 is 27.5 Å². The highest BCUT2D eigenvalue weighted by atomic mass is 32.2. The van der Waals surface area contributed by atoms with Crippen LogP contribution in [0.1, 0.15) is 56.9 Å². The smallest absolute Gasteiger partial charge is 0.331 e. The number of nitrogens with one attached hydrogen (secondary N) is 2. The highest BCUT2D eigenvalue weighted by Gasteiger charge is 2.24. The lowest BCUT2D eigenvalue weighted by Crippen LogP contribution is -2.44. The van der Waals surface area contributed by atoms with Crippen LogP contribution in [0, 0.1) is 0 Å². The molecule has 2 fully saturated rings. The number of rotatable bonds is 7. The van der Waals surface area contributed by atoms with Crippen molar-refractivity contribution in [2.75, 3.05) is 19.7 Å². The first-order chi connectivity index (χ1) is 15.8. The maximum absolute atomic E-state index is 12.8. The van der Waals surface area contributed by atoms with E-state index in [2.05, 4.69) is 10.6 Å². The summed E-state index contributed by atoms with van der Waals surface area (Å²) < 4.78 is 32.0. The van der Waals surface area contributed by atoms with Crippen LogP contribution in [-0.4, -0.2) is 56.4 Å². The molecule has 1 heterocycles. The number of benzene rings is 1. The van der Waals surface area contributed by atoms with Gasteiger partial charge in [-0.2, -0.15) is 4.31 Å². The molecule has 33 heavy (non-hydrogen) atoms. The number of imide groups is 1. The predicted molar refractivity (Wildman–Crippen MR) is 123 cm³/mol. The highest BCUT2D eigenvalue weighted by Crippen LogP contribution is 2.21. The maximum Gasteiger partial charge on any atom is 0.331 e. The minimum atomic E-state index is -3.53. The van der Waals surface area contributed by atoms with Crippen molar-refractivity contribution >= 4 is 34.0 Å². The Morgan fingerprint density at radius 2 is 1.61 bits per heavy atom. The summed E-state index contributed by atoms with van der Waals surface area (Å²) in [6, 6.07) is 5.73. The zero-order chi connectivity index (χ0) is 23.7. The molecule has 1 saturated heterocycles. The number of hydrogen-bond acceptors (Lipinski definition) is 6. The molecule has 1 aliphatic carbocycles. The molecule has 3 amide bonds. The molecule has 1 aromatic rings. The molecule has 10 heteroatoms. The molecule has 0 aromatic heterocycles. The summed E-state index contributed by atoms with van der Waals surface area (Å²) in [5, 5.41) is 4.85. The van der Waals surface area contributed by atoms with E-state index in [4.69, 9.17) is 4.74 Å². The lowest BCUT2D eigenvalue weighted by molar-refractivity contribution is -0.143. The van der Waals surface area contributed by atoms with Crippen molar-refractivity contribution in [1.82, 2.24) is 14.9 Å². The van der Waals surface area contributed by atoms with Crippen LogP contribution in [0.3, 0.4) is 0 Å². The molecule has 9 nitrogen and oxygen atoms in total. The first kappa shape index (κ1) is 24.9. The molecule has 3 rings (SSSR count). The Bertz CT molecular complexity index is 960. The number of carbonyl (C=O) groups excluding carboxylic acids is 3. The highest BCUT2D eigenvalue weighted by molar-refractivity contribution is 7.89. The molecular formula is C23H31N3O6S. The summed E-state index contributed by atoms with van der Waals surface area (Å²) in [5.41, 5.74) is 0.613. The van der Waals surface area contributed by atoms with Crippen molar-refractivity contribution in [1.29, 1.82) is 0 Å². The summed E-state index contributed by atoms with van der Waals surface area (Å²) >= 11 is 0. The van der Waals surface area contributed by atoms with Gasteiger partial charge in [0.05, 0.1) is 4.90 Å². The van der Waals surface area contributed by atoms with Crippen LogP contribution in [0.25, 0.3) is 6.08 Å². The van der Waals surface area contributed by atoms with Crippen molar-refractivity contribution in [3.63, 3.8) is 0 Å². The van der Waals surface area contributed by atoms with Gasteiger partial charge in [0.1, 0.15) is 0 Å². The van der Waals surface area contributed by atoms with Crippen LogP contribution in [0.15, 0.2) is 35.2 Å². The first-order valence-electron chi connectivity index (χ1n) is 11.4. The number of ether oxygens (including phenoxy) is 1. The first-order valence-corrected chi connectivity index (χ1v) is 12.8. The monoisotopic (exact) mass is 477 g/mol. The van der Waals surface area contributed by atoms with Gasteiger partial charge in [0.25, 0.3) is 5.91 Å². The van der Waals surface area contributed by atoms with Crippen LogP contribution >= 0.6 is 0 Å². The molecule has 0 radical (unpaired) electrons. The summed E-state index contributed by atoms with van der Waals surface area (Å²) in [5.74, 6) is -1.46. The van der Waals surface area contributed by atoms with Gasteiger partial charge in [-0.25, -0.2) is 18.0 Å². The molecule has 2 N–H and O–H groups in total. The molecule has 1 aliphatic heterocycles. The Morgan fingerprint density at radius 3 is 2.24 bits per heavy atom. The number of nitrogens with zero attached hydrogens (tertiary/aromatic N) is 1. The van der Waals surface area contributed by atoms with Gasteiger partial charge in [0.2, 0.25) is 10.0 Å². The summed E-state index contributed by atoms with van der Waals surface area (Å²) in [6.45, 7) is 0.492. The van der Waals surface area contributed by atoms with E-state index in [0.29, 0.717) is 18.7 Å². The summed E-state index contributed by atoms with van der Waals surface area (Å²) in [7, 11) is -3.53. The number of esters is 1. The quantitative estimate of drug-likeness (QED) is 0.460. The van der Waals surface area contributed by atoms with Crippen LogP contribution in [0.5, 0.6) is 0 Å². The SMILES string of the molecule is O=C(COC(=O)/C=C/c1ccc(S(=O)(=O)N2CCCCCC2)cc1)NC(=O)NC1CCCC1. The molecule has 1 aromatic carbocycles. The summed E-state index contributed by atoms with van der Waals surface area (Å²) in [6.07, 6.45) is 10.3. The standard InChI is InChI=1S/C23H31N3O6S/c27-21(25-23(29)24-19-7-3-4-8-19)17-32-22(28)14-11-18-9-12-20(13-10-18)33(30,31)26-15-5-1-2-6-16-26/h9-14,19H,1-8,15-17H2,(H2,24,25,27,29)/b14-11+. The Balaban J connectivity index is 1.44. The molecule has 0 spiro atoms. The topological polar surface area (TPSA) is 122 Å². The van der Waals surface area contributed by atoms with Gasteiger partial charge >= 0.3 is 12.0 Å². The van der Waals surface area contributed by atoms with Gasteiger partial charge in [-0.1, -0.05) is 37.8 Å². The normalized spacial score (nSPS) is 18.1. The van der Waals surface area contributed by atoms with E-state index >= 15 is 0 Å². The van der Waals surface area contributed by atoms with Crippen molar-refractivity contribution in [2.45, 2.75) is 62.3 Å². The lowest BCUT2D eigenvalue weighted by Gasteiger charge is -2.19. The fraction of sp³-hybridized carbons (Fsp3) is 0.522. The zero-order valence-electron chi connectivity index (χ0n) is 18.6. The average molecular weight is 478 g/mol. The zero-order valence-corrected chi connectivity index (χ0v) is 19.4. The van der Waals surface area contributed by atoms with E-state index < -0.39 is 34.5 Å². The second-order valence-corrected chi connectivity index (χ2v) is 10.3. The van der Waals surface area contributed by atoms with Crippen molar-refractivity contribution in [3.8, 4) is 0 Å². The number of urea groups is 1. The summed E-state index contributed by atoms with van der Waals surface area (Å²) in [4.78, 5) is 35.6. The van der Waals surface area contributed by atoms with E-state index in [0.717, 1.165) is 57.4 Å².